The van der Waals surface area contributed by atoms with Crippen LogP contribution in [0.25, 0.3) is 0 Å². The number of nitrogens with one attached hydrogen (secondary N) is 1. The van der Waals surface area contributed by atoms with Crippen LogP contribution in [0.5, 0.6) is 0 Å². The molecule has 0 fully saturated rings. The van der Waals surface area contributed by atoms with Crippen molar-refractivity contribution in [3.63, 3.8) is 0 Å². The van der Waals surface area contributed by atoms with E-state index in [2.05, 4.69) is 5.32 Å². The number of aliphatic carboxylic acids is 1. The summed E-state index contributed by atoms with van der Waals surface area (Å²) >= 11 is 5.86. The first kappa shape index (κ1) is 14.5. The van der Waals surface area contributed by atoms with Crippen LogP contribution >= 0.6 is 11.6 Å². The standard InChI is InChI=1S/C13H16ClNO3/c1-8(15-12(16)9(2)13(17)18)6-10-4-3-5-11(14)7-10/h3-5,7-9H,6H2,1-2H3,(H,15,16)(H,17,18). The Labute approximate surface area is 111 Å². The van der Waals surface area contributed by atoms with Gasteiger partial charge in [-0.05, 0) is 38.0 Å². The molecule has 98 valence electrons. The molecule has 1 rings (SSSR count). The number of rotatable bonds is 5. The Morgan fingerprint density at radius 3 is 2.61 bits per heavy atom. The van der Waals surface area contributed by atoms with E-state index in [9.17, 15) is 9.59 Å². The fourth-order valence-electron chi connectivity index (χ4n) is 1.55. The number of hydrogen-bond acceptors (Lipinski definition) is 2. The second-order valence-corrected chi connectivity index (χ2v) is 4.74. The summed E-state index contributed by atoms with van der Waals surface area (Å²) < 4.78 is 0. The lowest BCUT2D eigenvalue weighted by atomic mass is 10.1. The Hall–Kier alpha value is -1.55. The molecule has 1 amide bonds. The average molecular weight is 270 g/mol. The monoisotopic (exact) mass is 269 g/mol. The minimum Gasteiger partial charge on any atom is -0.481 e. The van der Waals surface area contributed by atoms with Crippen LogP contribution in [-0.2, 0) is 16.0 Å². The van der Waals surface area contributed by atoms with Crippen LogP contribution in [-0.4, -0.2) is 23.0 Å². The number of carboxylic acids is 1. The van der Waals surface area contributed by atoms with Crippen molar-refractivity contribution in [1.29, 1.82) is 0 Å². The first-order chi connectivity index (χ1) is 8.40. The highest BCUT2D eigenvalue weighted by molar-refractivity contribution is 6.30. The lowest BCUT2D eigenvalue weighted by Gasteiger charge is -2.15. The number of benzene rings is 1. The first-order valence-electron chi connectivity index (χ1n) is 5.67. The van der Waals surface area contributed by atoms with E-state index in [0.717, 1.165) is 5.56 Å². The largest absolute Gasteiger partial charge is 0.481 e. The average Bonchev–Trinajstić information content (AvgIpc) is 2.27. The van der Waals surface area contributed by atoms with Crippen molar-refractivity contribution in [2.24, 2.45) is 5.92 Å². The number of carbonyl (C=O) groups excluding carboxylic acids is 1. The first-order valence-corrected chi connectivity index (χ1v) is 6.05. The Morgan fingerprint density at radius 2 is 2.06 bits per heavy atom. The molecule has 0 aliphatic rings. The quantitative estimate of drug-likeness (QED) is 0.805. The summed E-state index contributed by atoms with van der Waals surface area (Å²) in [5, 5.41) is 12.0. The molecule has 0 saturated carbocycles. The van der Waals surface area contributed by atoms with Gasteiger partial charge in [-0.2, -0.15) is 0 Å². The SMILES string of the molecule is CC(Cc1cccc(Cl)c1)NC(=O)C(C)C(=O)O. The van der Waals surface area contributed by atoms with Gasteiger partial charge >= 0.3 is 5.97 Å². The van der Waals surface area contributed by atoms with Crippen LogP contribution in [0.4, 0.5) is 0 Å². The highest BCUT2D eigenvalue weighted by Crippen LogP contribution is 2.12. The number of amides is 1. The fraction of sp³-hybridized carbons (Fsp3) is 0.385. The van der Waals surface area contributed by atoms with Crippen molar-refractivity contribution < 1.29 is 14.7 Å². The van der Waals surface area contributed by atoms with E-state index in [-0.39, 0.29) is 6.04 Å². The molecule has 5 heteroatoms. The molecular weight excluding hydrogens is 254 g/mol. The predicted octanol–water partition coefficient (Wildman–Crippen LogP) is 2.11. The third-order valence-electron chi connectivity index (χ3n) is 2.58. The third-order valence-corrected chi connectivity index (χ3v) is 2.82. The molecule has 2 atom stereocenters. The van der Waals surface area contributed by atoms with Gasteiger partial charge in [0.15, 0.2) is 0 Å². The summed E-state index contributed by atoms with van der Waals surface area (Å²) in [6.07, 6.45) is 0.610. The van der Waals surface area contributed by atoms with E-state index in [0.29, 0.717) is 11.4 Å². The molecule has 0 bridgehead atoms. The van der Waals surface area contributed by atoms with E-state index in [1.165, 1.54) is 6.92 Å². The summed E-state index contributed by atoms with van der Waals surface area (Å²) in [5.74, 6) is -2.63. The molecule has 0 aliphatic carbocycles. The number of carbonyl (C=O) groups is 2. The molecule has 2 N–H and O–H groups in total. The fourth-order valence-corrected chi connectivity index (χ4v) is 1.76. The molecule has 1 aromatic carbocycles. The van der Waals surface area contributed by atoms with Crippen LogP contribution < -0.4 is 5.32 Å². The summed E-state index contributed by atoms with van der Waals surface area (Å²) in [4.78, 5) is 22.2. The summed E-state index contributed by atoms with van der Waals surface area (Å²) in [6.45, 7) is 3.19. The van der Waals surface area contributed by atoms with Crippen LogP contribution in [0.15, 0.2) is 24.3 Å². The van der Waals surface area contributed by atoms with Crippen molar-refractivity contribution >= 4 is 23.5 Å². The minimum absolute atomic E-state index is 0.141. The Bertz CT molecular complexity index is 448. The Kier molecular flexibility index (Phi) is 5.16. The zero-order valence-corrected chi connectivity index (χ0v) is 11.1. The zero-order valence-electron chi connectivity index (χ0n) is 10.3. The highest BCUT2D eigenvalue weighted by atomic mass is 35.5. The second-order valence-electron chi connectivity index (χ2n) is 4.30. The van der Waals surface area contributed by atoms with Crippen molar-refractivity contribution in [3.05, 3.63) is 34.9 Å². The van der Waals surface area contributed by atoms with Gasteiger partial charge in [0.05, 0.1) is 0 Å². The van der Waals surface area contributed by atoms with Crippen molar-refractivity contribution in [3.8, 4) is 0 Å². The second kappa shape index (κ2) is 6.40. The minimum atomic E-state index is -1.12. The van der Waals surface area contributed by atoms with Gasteiger partial charge in [0.2, 0.25) is 5.91 Å². The van der Waals surface area contributed by atoms with Gasteiger partial charge in [0.1, 0.15) is 5.92 Å². The lowest BCUT2D eigenvalue weighted by molar-refractivity contribution is -0.146. The van der Waals surface area contributed by atoms with Gasteiger partial charge in [-0.15, -0.1) is 0 Å². The predicted molar refractivity (Wildman–Crippen MR) is 69.6 cm³/mol. The third kappa shape index (κ3) is 4.37. The molecule has 0 radical (unpaired) electrons. The summed E-state index contributed by atoms with van der Waals surface area (Å²) in [7, 11) is 0. The summed E-state index contributed by atoms with van der Waals surface area (Å²) in [5.41, 5.74) is 0.998. The molecular formula is C13H16ClNO3. The van der Waals surface area contributed by atoms with Crippen molar-refractivity contribution in [2.45, 2.75) is 26.3 Å². The highest BCUT2D eigenvalue weighted by Gasteiger charge is 2.21. The van der Waals surface area contributed by atoms with Gasteiger partial charge in [0.25, 0.3) is 0 Å². The lowest BCUT2D eigenvalue weighted by Crippen LogP contribution is -2.40. The van der Waals surface area contributed by atoms with E-state index in [1.807, 2.05) is 25.1 Å². The van der Waals surface area contributed by atoms with Gasteiger partial charge in [0, 0.05) is 11.1 Å². The smallest absolute Gasteiger partial charge is 0.315 e. The number of halogens is 1. The van der Waals surface area contributed by atoms with E-state index >= 15 is 0 Å². The molecule has 2 unspecified atom stereocenters. The topological polar surface area (TPSA) is 66.4 Å². The van der Waals surface area contributed by atoms with Gasteiger partial charge in [-0.25, -0.2) is 0 Å². The molecule has 0 aromatic heterocycles. The van der Waals surface area contributed by atoms with Gasteiger partial charge in [-0.1, -0.05) is 23.7 Å². The van der Waals surface area contributed by atoms with Gasteiger partial charge in [-0.3, -0.25) is 9.59 Å². The Morgan fingerprint density at radius 1 is 1.39 bits per heavy atom. The maximum atomic E-state index is 11.5. The zero-order chi connectivity index (χ0) is 13.7. The maximum Gasteiger partial charge on any atom is 0.315 e. The number of carboxylic acid groups (broad SMARTS) is 1. The summed E-state index contributed by atoms with van der Waals surface area (Å²) in [6, 6.07) is 7.21. The maximum absolute atomic E-state index is 11.5. The van der Waals surface area contributed by atoms with Crippen LogP contribution in [0.3, 0.4) is 0 Å². The van der Waals surface area contributed by atoms with Gasteiger partial charge < -0.3 is 10.4 Å². The van der Waals surface area contributed by atoms with Crippen molar-refractivity contribution in [2.75, 3.05) is 0 Å². The Balaban J connectivity index is 2.54. The van der Waals surface area contributed by atoms with E-state index < -0.39 is 17.8 Å². The molecule has 0 spiro atoms. The molecule has 0 saturated heterocycles. The van der Waals surface area contributed by atoms with Crippen LogP contribution in [0.2, 0.25) is 5.02 Å². The van der Waals surface area contributed by atoms with E-state index in [4.69, 9.17) is 16.7 Å². The molecule has 4 nitrogen and oxygen atoms in total. The molecule has 18 heavy (non-hydrogen) atoms. The van der Waals surface area contributed by atoms with Crippen LogP contribution in [0, 0.1) is 5.92 Å². The van der Waals surface area contributed by atoms with Crippen molar-refractivity contribution in [1.82, 2.24) is 5.32 Å². The molecule has 0 heterocycles. The van der Waals surface area contributed by atoms with E-state index in [1.54, 1.807) is 6.07 Å². The van der Waals surface area contributed by atoms with Crippen LogP contribution in [0.1, 0.15) is 19.4 Å². The normalized spacial score (nSPS) is 13.7. The molecule has 1 aromatic rings. The molecule has 0 aliphatic heterocycles. The number of hydrogen-bond donors (Lipinski definition) is 2.